The average molecular weight is 485 g/mol. The van der Waals surface area contributed by atoms with E-state index in [9.17, 15) is 24.3 Å². The highest BCUT2D eigenvalue weighted by atomic mass is 16.4. The number of para-hydroxylation sites is 1. The molecule has 2 aliphatic rings. The maximum absolute atomic E-state index is 13.2. The van der Waals surface area contributed by atoms with Crippen LogP contribution in [0.4, 0.5) is 10.5 Å². The van der Waals surface area contributed by atoms with Crippen LogP contribution < -0.4 is 20.9 Å². The Kier molecular flexibility index (Phi) is 7.53. The molecule has 1 aliphatic heterocycles. The van der Waals surface area contributed by atoms with Crippen molar-refractivity contribution in [2.75, 3.05) is 11.4 Å². The number of nitrogens with one attached hydrogen (secondary N) is 4. The number of hydrogen-bond donors (Lipinski definition) is 5. The summed E-state index contributed by atoms with van der Waals surface area (Å²) in [6, 6.07) is 5.45. The Balaban J connectivity index is 1.43. The van der Waals surface area contributed by atoms with Gasteiger partial charge in [0.2, 0.25) is 17.7 Å². The minimum atomic E-state index is -1.28. The molecule has 2 atom stereocenters. The van der Waals surface area contributed by atoms with Gasteiger partial charge in [0.15, 0.2) is 5.82 Å². The first-order valence-electron chi connectivity index (χ1n) is 11.6. The molecule has 5 N–H and O–H groups in total. The molecule has 4 amide bonds. The number of benzene rings is 1. The lowest BCUT2D eigenvalue weighted by atomic mass is 9.83. The molecule has 2 heterocycles. The van der Waals surface area contributed by atoms with Crippen LogP contribution in [0.1, 0.15) is 43.5 Å². The second-order valence-electron chi connectivity index (χ2n) is 8.70. The Bertz CT molecular complexity index is 1070. The lowest BCUT2D eigenvalue weighted by molar-refractivity contribution is -0.128. The van der Waals surface area contributed by atoms with Crippen LogP contribution in [0.2, 0.25) is 0 Å². The van der Waals surface area contributed by atoms with Crippen LogP contribution in [0.25, 0.3) is 0 Å². The van der Waals surface area contributed by atoms with Crippen molar-refractivity contribution in [1.82, 2.24) is 36.6 Å². The molecule has 2 aromatic rings. The van der Waals surface area contributed by atoms with E-state index in [1.165, 1.54) is 4.90 Å². The minimum Gasteiger partial charge on any atom is -0.465 e. The Labute approximate surface area is 201 Å². The highest BCUT2D eigenvalue weighted by Crippen LogP contribution is 2.32. The van der Waals surface area contributed by atoms with Gasteiger partial charge in [-0.1, -0.05) is 42.7 Å². The van der Waals surface area contributed by atoms with Crippen molar-refractivity contribution < 1.29 is 24.3 Å². The van der Waals surface area contributed by atoms with E-state index < -0.39 is 35.9 Å². The Morgan fingerprint density at radius 3 is 2.60 bits per heavy atom. The molecule has 13 nitrogen and oxygen atoms in total. The molecular weight excluding hydrogens is 456 g/mol. The number of aromatic amines is 1. The summed E-state index contributed by atoms with van der Waals surface area (Å²) >= 11 is 0. The van der Waals surface area contributed by atoms with E-state index >= 15 is 0 Å². The van der Waals surface area contributed by atoms with Gasteiger partial charge in [0.25, 0.3) is 0 Å². The monoisotopic (exact) mass is 484 g/mol. The van der Waals surface area contributed by atoms with E-state index in [-0.39, 0.29) is 19.0 Å². The van der Waals surface area contributed by atoms with Gasteiger partial charge >= 0.3 is 6.09 Å². The molecule has 0 bridgehead atoms. The first kappa shape index (κ1) is 24.1. The van der Waals surface area contributed by atoms with Crippen LogP contribution in [0.15, 0.2) is 24.3 Å². The second kappa shape index (κ2) is 10.9. The highest BCUT2D eigenvalue weighted by Gasteiger charge is 2.39. The average Bonchev–Trinajstić information content (AvgIpc) is 3.52. The Morgan fingerprint density at radius 1 is 1.11 bits per heavy atom. The van der Waals surface area contributed by atoms with Crippen LogP contribution in [-0.4, -0.2) is 68.2 Å². The van der Waals surface area contributed by atoms with E-state index in [4.69, 9.17) is 0 Å². The molecule has 13 heteroatoms. The van der Waals surface area contributed by atoms with E-state index in [1.807, 2.05) is 12.1 Å². The van der Waals surface area contributed by atoms with Gasteiger partial charge in [-0.05, 0) is 30.4 Å². The van der Waals surface area contributed by atoms with E-state index in [0.29, 0.717) is 17.9 Å². The molecule has 1 fully saturated rings. The van der Waals surface area contributed by atoms with Gasteiger partial charge in [-0.15, -0.1) is 10.2 Å². The SMILES string of the molecule is O=C(O)N[C@H](C(=O)NCC(=O)N1c2ccccc2C[C@H]1C(=O)NCc1nn[nH]n1)C1CCCCC1. The number of carbonyl (C=O) groups excluding carboxylic acids is 3. The van der Waals surface area contributed by atoms with Gasteiger partial charge in [-0.2, -0.15) is 5.21 Å². The van der Waals surface area contributed by atoms with Gasteiger partial charge < -0.3 is 21.1 Å². The molecule has 0 saturated heterocycles. The number of aromatic nitrogens is 4. The van der Waals surface area contributed by atoms with Crippen molar-refractivity contribution >= 4 is 29.5 Å². The third-order valence-electron chi connectivity index (χ3n) is 6.45. The third-order valence-corrected chi connectivity index (χ3v) is 6.45. The molecular formula is C22H28N8O5. The normalized spacial score (nSPS) is 18.4. The molecule has 35 heavy (non-hydrogen) atoms. The minimum absolute atomic E-state index is 0.0465. The standard InChI is InChI=1S/C22H28N8O5/c31-18(12-24-21(33)19(25-22(34)35)13-6-2-1-3-7-13)30-15-9-5-4-8-14(15)10-16(30)20(32)23-11-17-26-28-29-27-17/h4-5,8-9,13,16,19,25H,1-3,6-7,10-12H2,(H,23,32)(H,24,33)(H,34,35)(H,26,27,28,29)/t16-,19-/m0/s1. The van der Waals surface area contributed by atoms with Crippen molar-refractivity contribution in [3.63, 3.8) is 0 Å². The van der Waals surface area contributed by atoms with Crippen LogP contribution in [0.5, 0.6) is 0 Å². The van der Waals surface area contributed by atoms with Gasteiger partial charge in [0.05, 0.1) is 13.1 Å². The van der Waals surface area contributed by atoms with Crippen LogP contribution in [0.3, 0.4) is 0 Å². The van der Waals surface area contributed by atoms with Gasteiger partial charge in [0.1, 0.15) is 12.1 Å². The van der Waals surface area contributed by atoms with Crippen molar-refractivity contribution in [3.8, 4) is 0 Å². The largest absolute Gasteiger partial charge is 0.465 e. The number of anilines is 1. The van der Waals surface area contributed by atoms with Crippen LogP contribution in [0, 0.1) is 5.92 Å². The number of hydrogen-bond acceptors (Lipinski definition) is 7. The summed E-state index contributed by atoms with van der Waals surface area (Å²) in [5, 5.41) is 30.2. The van der Waals surface area contributed by atoms with Crippen molar-refractivity contribution in [2.24, 2.45) is 5.92 Å². The topological polar surface area (TPSA) is 182 Å². The fraction of sp³-hybridized carbons (Fsp3) is 0.500. The fourth-order valence-corrected chi connectivity index (χ4v) is 4.80. The zero-order chi connectivity index (χ0) is 24.8. The summed E-state index contributed by atoms with van der Waals surface area (Å²) in [6.45, 7) is -0.322. The molecule has 1 aromatic heterocycles. The molecule has 0 unspecified atom stereocenters. The van der Waals surface area contributed by atoms with Crippen molar-refractivity contribution in [3.05, 3.63) is 35.7 Å². The second-order valence-corrected chi connectivity index (χ2v) is 8.70. The molecule has 1 aromatic carbocycles. The summed E-state index contributed by atoms with van der Waals surface area (Å²) in [5.41, 5.74) is 1.43. The molecule has 0 radical (unpaired) electrons. The summed E-state index contributed by atoms with van der Waals surface area (Å²) in [5.74, 6) is -1.22. The molecule has 4 rings (SSSR count). The predicted molar refractivity (Wildman–Crippen MR) is 122 cm³/mol. The number of tetrazole rings is 1. The molecule has 186 valence electrons. The van der Waals surface area contributed by atoms with E-state index in [2.05, 4.69) is 36.6 Å². The highest BCUT2D eigenvalue weighted by molar-refractivity contribution is 6.05. The lowest BCUT2D eigenvalue weighted by Crippen LogP contribution is -2.54. The van der Waals surface area contributed by atoms with Crippen LogP contribution >= 0.6 is 0 Å². The van der Waals surface area contributed by atoms with E-state index in [1.54, 1.807) is 12.1 Å². The van der Waals surface area contributed by atoms with Crippen molar-refractivity contribution in [1.29, 1.82) is 0 Å². The molecule has 1 aliphatic carbocycles. The zero-order valence-electron chi connectivity index (χ0n) is 19.1. The lowest BCUT2D eigenvalue weighted by Gasteiger charge is -2.29. The van der Waals surface area contributed by atoms with Crippen molar-refractivity contribution in [2.45, 2.75) is 57.2 Å². The summed E-state index contributed by atoms with van der Waals surface area (Å²) in [7, 11) is 0. The van der Waals surface area contributed by atoms with E-state index in [0.717, 1.165) is 37.7 Å². The van der Waals surface area contributed by atoms with Gasteiger partial charge in [0, 0.05) is 12.1 Å². The van der Waals surface area contributed by atoms with Gasteiger partial charge in [-0.25, -0.2) is 4.79 Å². The van der Waals surface area contributed by atoms with Gasteiger partial charge in [-0.3, -0.25) is 19.3 Å². The number of amides is 4. The Morgan fingerprint density at radius 2 is 1.89 bits per heavy atom. The molecule has 0 spiro atoms. The zero-order valence-corrected chi connectivity index (χ0v) is 19.1. The summed E-state index contributed by atoms with van der Waals surface area (Å²) in [4.78, 5) is 51.7. The number of H-pyrrole nitrogens is 1. The molecule has 1 saturated carbocycles. The summed E-state index contributed by atoms with van der Waals surface area (Å²) in [6.07, 6.45) is 3.44. The first-order valence-corrected chi connectivity index (χ1v) is 11.6. The third kappa shape index (κ3) is 5.73. The maximum Gasteiger partial charge on any atom is 0.405 e. The number of rotatable bonds is 8. The number of carbonyl (C=O) groups is 4. The smallest absolute Gasteiger partial charge is 0.405 e. The predicted octanol–water partition coefficient (Wildman–Crippen LogP) is 0.107. The summed E-state index contributed by atoms with van der Waals surface area (Å²) < 4.78 is 0. The fourth-order valence-electron chi connectivity index (χ4n) is 4.80. The van der Waals surface area contributed by atoms with Crippen LogP contribution in [-0.2, 0) is 27.3 Å². The maximum atomic E-state index is 13.2. The number of carboxylic acid groups (broad SMARTS) is 1. The quantitative estimate of drug-likeness (QED) is 0.350. The Hall–Kier alpha value is -4.03. The number of fused-ring (bicyclic) bond motifs is 1. The number of nitrogens with zero attached hydrogens (tertiary/aromatic N) is 4. The first-order chi connectivity index (χ1) is 16.9.